The summed E-state index contributed by atoms with van der Waals surface area (Å²) in [6, 6.07) is 0.275. The molecule has 0 aromatic heterocycles. The summed E-state index contributed by atoms with van der Waals surface area (Å²) in [5.74, 6) is 0.780. The summed E-state index contributed by atoms with van der Waals surface area (Å²) in [4.78, 5) is 0. The Morgan fingerprint density at radius 2 is 2.06 bits per heavy atom. The molecule has 2 fully saturated rings. The van der Waals surface area contributed by atoms with Crippen LogP contribution in [0, 0.1) is 5.92 Å². The minimum atomic E-state index is -2.17. The van der Waals surface area contributed by atoms with Crippen LogP contribution in [0.4, 0.5) is 8.78 Å². The van der Waals surface area contributed by atoms with Gasteiger partial charge < -0.3 is 10.1 Å². The molecule has 1 aliphatic carbocycles. The maximum Gasteiger partial charge on any atom is 0.238 e. The van der Waals surface area contributed by atoms with E-state index in [2.05, 4.69) is 12.2 Å². The maximum atomic E-state index is 12.2. The Bertz CT molecular complexity index is 252. The molecule has 0 aromatic rings. The van der Waals surface area contributed by atoms with Crippen molar-refractivity contribution >= 4 is 0 Å². The van der Waals surface area contributed by atoms with E-state index in [-0.39, 0.29) is 18.1 Å². The third-order valence-electron chi connectivity index (χ3n) is 4.55. The van der Waals surface area contributed by atoms with E-state index in [9.17, 15) is 8.78 Å². The second-order valence-electron chi connectivity index (χ2n) is 5.92. The molecule has 1 aliphatic heterocycles. The van der Waals surface area contributed by atoms with Gasteiger partial charge in [-0.05, 0) is 44.4 Å². The number of halogens is 2. The van der Waals surface area contributed by atoms with Gasteiger partial charge in [-0.15, -0.1) is 0 Å². The SMILES string of the molecule is CC1CCC2(CC1)OCCNC2CCCC(F)F. The van der Waals surface area contributed by atoms with Crippen molar-refractivity contribution in [2.24, 2.45) is 5.92 Å². The fraction of sp³-hybridized carbons (Fsp3) is 1.00. The molecule has 18 heavy (non-hydrogen) atoms. The van der Waals surface area contributed by atoms with Crippen LogP contribution in [0.1, 0.15) is 51.9 Å². The van der Waals surface area contributed by atoms with Gasteiger partial charge in [0.1, 0.15) is 0 Å². The molecule has 2 rings (SSSR count). The standard InChI is InChI=1S/C14H25F2NO/c1-11-5-7-14(8-6-11)12(17-9-10-18-14)3-2-4-13(15)16/h11-13,17H,2-10H2,1H3. The third-order valence-corrected chi connectivity index (χ3v) is 4.55. The van der Waals surface area contributed by atoms with E-state index in [1.165, 1.54) is 12.8 Å². The quantitative estimate of drug-likeness (QED) is 0.838. The van der Waals surface area contributed by atoms with E-state index in [1.807, 2.05) is 0 Å². The van der Waals surface area contributed by atoms with Gasteiger partial charge in [0.25, 0.3) is 0 Å². The Kier molecular flexibility index (Phi) is 4.96. The largest absolute Gasteiger partial charge is 0.372 e. The van der Waals surface area contributed by atoms with Gasteiger partial charge in [-0.3, -0.25) is 0 Å². The molecule has 0 aromatic carbocycles. The number of ether oxygens (including phenoxy) is 1. The Hall–Kier alpha value is -0.220. The lowest BCUT2D eigenvalue weighted by atomic mass is 9.73. The van der Waals surface area contributed by atoms with Crippen LogP contribution in [0.5, 0.6) is 0 Å². The van der Waals surface area contributed by atoms with Crippen molar-refractivity contribution in [2.45, 2.75) is 69.9 Å². The summed E-state index contributed by atoms with van der Waals surface area (Å²) in [5, 5.41) is 3.50. The number of morpholine rings is 1. The van der Waals surface area contributed by atoms with E-state index in [1.54, 1.807) is 0 Å². The molecule has 1 N–H and O–H groups in total. The lowest BCUT2D eigenvalue weighted by Crippen LogP contribution is -2.59. The van der Waals surface area contributed by atoms with Crippen molar-refractivity contribution in [3.8, 4) is 0 Å². The molecule has 1 saturated heterocycles. The number of rotatable bonds is 4. The first-order valence-electron chi connectivity index (χ1n) is 7.28. The van der Waals surface area contributed by atoms with Gasteiger partial charge in [-0.2, -0.15) is 0 Å². The highest BCUT2D eigenvalue weighted by molar-refractivity contribution is 4.98. The van der Waals surface area contributed by atoms with Crippen LogP contribution in [-0.2, 0) is 4.74 Å². The topological polar surface area (TPSA) is 21.3 Å². The van der Waals surface area contributed by atoms with Crippen LogP contribution in [-0.4, -0.2) is 31.2 Å². The zero-order chi connectivity index (χ0) is 13.0. The minimum Gasteiger partial charge on any atom is -0.372 e. The van der Waals surface area contributed by atoms with Gasteiger partial charge in [0.15, 0.2) is 0 Å². The van der Waals surface area contributed by atoms with E-state index < -0.39 is 6.43 Å². The van der Waals surface area contributed by atoms with Crippen LogP contribution in [0.3, 0.4) is 0 Å². The summed E-state index contributed by atoms with van der Waals surface area (Å²) in [7, 11) is 0. The van der Waals surface area contributed by atoms with Crippen molar-refractivity contribution in [1.82, 2.24) is 5.32 Å². The molecule has 0 amide bonds. The van der Waals surface area contributed by atoms with E-state index >= 15 is 0 Å². The predicted molar refractivity (Wildman–Crippen MR) is 68.0 cm³/mol. The van der Waals surface area contributed by atoms with E-state index in [4.69, 9.17) is 4.74 Å². The van der Waals surface area contributed by atoms with Gasteiger partial charge >= 0.3 is 0 Å². The second-order valence-corrected chi connectivity index (χ2v) is 5.92. The lowest BCUT2D eigenvalue weighted by Gasteiger charge is -2.48. The highest BCUT2D eigenvalue weighted by atomic mass is 19.3. The molecule has 1 spiro atoms. The summed E-state index contributed by atoms with van der Waals surface area (Å²) >= 11 is 0. The molecular weight excluding hydrogens is 236 g/mol. The van der Waals surface area contributed by atoms with E-state index in [0.29, 0.717) is 6.42 Å². The van der Waals surface area contributed by atoms with Gasteiger partial charge in [0.2, 0.25) is 6.43 Å². The normalized spacial score (nSPS) is 37.3. The molecule has 1 unspecified atom stereocenters. The Balaban J connectivity index is 1.89. The van der Waals surface area contributed by atoms with Crippen LogP contribution in [0.15, 0.2) is 0 Å². The fourth-order valence-corrected chi connectivity index (χ4v) is 3.36. The zero-order valence-electron chi connectivity index (χ0n) is 11.3. The van der Waals surface area contributed by atoms with Crippen molar-refractivity contribution in [2.75, 3.05) is 13.2 Å². The number of hydrogen-bond acceptors (Lipinski definition) is 2. The van der Waals surface area contributed by atoms with Crippen LogP contribution < -0.4 is 5.32 Å². The number of nitrogens with one attached hydrogen (secondary N) is 1. The van der Waals surface area contributed by atoms with Crippen LogP contribution >= 0.6 is 0 Å². The highest BCUT2D eigenvalue weighted by Crippen LogP contribution is 2.39. The third kappa shape index (κ3) is 3.41. The number of hydrogen-bond donors (Lipinski definition) is 1. The number of alkyl halides is 2. The molecule has 1 atom stereocenters. The van der Waals surface area contributed by atoms with Crippen LogP contribution in [0.25, 0.3) is 0 Å². The molecule has 2 aliphatic rings. The smallest absolute Gasteiger partial charge is 0.238 e. The summed E-state index contributed by atoms with van der Waals surface area (Å²) in [6.45, 7) is 3.91. The molecule has 4 heteroatoms. The maximum absolute atomic E-state index is 12.2. The highest BCUT2D eigenvalue weighted by Gasteiger charge is 2.43. The van der Waals surface area contributed by atoms with Crippen molar-refractivity contribution in [1.29, 1.82) is 0 Å². The van der Waals surface area contributed by atoms with Crippen molar-refractivity contribution < 1.29 is 13.5 Å². The molecule has 1 heterocycles. The molecular formula is C14H25F2NO. The molecule has 1 saturated carbocycles. The van der Waals surface area contributed by atoms with Gasteiger partial charge in [-0.1, -0.05) is 6.92 Å². The van der Waals surface area contributed by atoms with Crippen molar-refractivity contribution in [3.05, 3.63) is 0 Å². The summed E-state index contributed by atoms with van der Waals surface area (Å²) < 4.78 is 30.5. The monoisotopic (exact) mass is 261 g/mol. The van der Waals surface area contributed by atoms with Crippen LogP contribution in [0.2, 0.25) is 0 Å². The lowest BCUT2D eigenvalue weighted by molar-refractivity contribution is -0.125. The Morgan fingerprint density at radius 1 is 1.33 bits per heavy atom. The molecule has 0 radical (unpaired) electrons. The average Bonchev–Trinajstić information content (AvgIpc) is 2.35. The first-order valence-corrected chi connectivity index (χ1v) is 7.28. The predicted octanol–water partition coefficient (Wildman–Crippen LogP) is 3.36. The molecule has 106 valence electrons. The van der Waals surface area contributed by atoms with E-state index in [0.717, 1.165) is 38.3 Å². The second kappa shape index (κ2) is 6.29. The minimum absolute atomic E-state index is 0.0185. The van der Waals surface area contributed by atoms with Gasteiger partial charge in [0.05, 0.1) is 12.2 Å². The average molecular weight is 261 g/mol. The van der Waals surface area contributed by atoms with Gasteiger partial charge in [-0.25, -0.2) is 8.78 Å². The van der Waals surface area contributed by atoms with Crippen molar-refractivity contribution in [3.63, 3.8) is 0 Å². The zero-order valence-corrected chi connectivity index (χ0v) is 11.3. The summed E-state index contributed by atoms with van der Waals surface area (Å²) in [5.41, 5.74) is -0.0626. The summed E-state index contributed by atoms with van der Waals surface area (Å²) in [6.07, 6.45) is 3.83. The van der Waals surface area contributed by atoms with Gasteiger partial charge in [0, 0.05) is 19.0 Å². The molecule has 0 bridgehead atoms. The Labute approximate surface area is 108 Å². The molecule has 2 nitrogen and oxygen atoms in total. The first kappa shape index (κ1) is 14.2. The Morgan fingerprint density at radius 3 is 2.72 bits per heavy atom. The fourth-order valence-electron chi connectivity index (χ4n) is 3.36. The first-order chi connectivity index (χ1) is 8.62.